The maximum absolute atomic E-state index is 11.0. The molecule has 0 aromatic heterocycles. The molecule has 4 heteroatoms. The molecule has 2 atom stereocenters. The first-order chi connectivity index (χ1) is 8.54. The minimum atomic E-state index is -0.379. The van der Waals surface area contributed by atoms with E-state index in [2.05, 4.69) is 18.7 Å². The number of ether oxygens (including phenoxy) is 1. The highest BCUT2D eigenvalue weighted by molar-refractivity contribution is 5.92. The van der Waals surface area contributed by atoms with Crippen molar-refractivity contribution < 1.29 is 9.53 Å². The molecule has 0 saturated carbocycles. The van der Waals surface area contributed by atoms with Crippen molar-refractivity contribution in [1.82, 2.24) is 4.90 Å². The van der Waals surface area contributed by atoms with E-state index in [0.717, 1.165) is 19.6 Å². The second-order valence-electron chi connectivity index (χ2n) is 5.01. The Morgan fingerprint density at radius 1 is 1.28 bits per heavy atom. The highest BCUT2D eigenvalue weighted by atomic mass is 16.5. The summed E-state index contributed by atoms with van der Waals surface area (Å²) in [5.41, 5.74) is 6.97. The van der Waals surface area contributed by atoms with Gasteiger partial charge in [0.05, 0.1) is 12.2 Å². The molecule has 1 aliphatic heterocycles. The van der Waals surface area contributed by atoms with E-state index in [1.165, 1.54) is 5.56 Å². The van der Waals surface area contributed by atoms with E-state index in [1.54, 1.807) is 12.1 Å². The summed E-state index contributed by atoms with van der Waals surface area (Å²) in [5.74, 6) is -0.379. The first-order valence-electron chi connectivity index (χ1n) is 6.31. The van der Waals surface area contributed by atoms with Crippen molar-refractivity contribution in [3.05, 3.63) is 35.4 Å². The van der Waals surface area contributed by atoms with Crippen molar-refractivity contribution in [3.63, 3.8) is 0 Å². The lowest BCUT2D eigenvalue weighted by molar-refractivity contribution is -0.0704. The highest BCUT2D eigenvalue weighted by Gasteiger charge is 2.21. The van der Waals surface area contributed by atoms with E-state index in [9.17, 15) is 4.79 Å². The summed E-state index contributed by atoms with van der Waals surface area (Å²) in [6.45, 7) is 6.97. The molecule has 4 nitrogen and oxygen atoms in total. The predicted octanol–water partition coefficient (Wildman–Crippen LogP) is 1.39. The molecular weight excluding hydrogens is 228 g/mol. The largest absolute Gasteiger partial charge is 0.373 e. The van der Waals surface area contributed by atoms with E-state index in [-0.39, 0.29) is 18.1 Å². The quantitative estimate of drug-likeness (QED) is 0.879. The van der Waals surface area contributed by atoms with Gasteiger partial charge in [-0.1, -0.05) is 12.1 Å². The van der Waals surface area contributed by atoms with Crippen LogP contribution < -0.4 is 5.73 Å². The molecule has 1 saturated heterocycles. The fourth-order valence-corrected chi connectivity index (χ4v) is 2.45. The van der Waals surface area contributed by atoms with Gasteiger partial charge in [-0.15, -0.1) is 0 Å². The third-order valence-corrected chi connectivity index (χ3v) is 3.14. The SMILES string of the molecule is CC1CN(Cc2ccc(C(N)=O)cc2)CC(C)O1. The van der Waals surface area contributed by atoms with Gasteiger partial charge < -0.3 is 10.5 Å². The minimum Gasteiger partial charge on any atom is -0.373 e. The Balaban J connectivity index is 1.98. The van der Waals surface area contributed by atoms with Gasteiger partial charge in [-0.25, -0.2) is 0 Å². The molecule has 98 valence electrons. The number of hydrogen-bond acceptors (Lipinski definition) is 3. The standard InChI is InChI=1S/C14H20N2O2/c1-10-7-16(8-11(2)18-10)9-12-3-5-13(6-4-12)14(15)17/h3-6,10-11H,7-9H2,1-2H3,(H2,15,17). The fourth-order valence-electron chi connectivity index (χ4n) is 2.45. The van der Waals surface area contributed by atoms with Crippen LogP contribution >= 0.6 is 0 Å². The van der Waals surface area contributed by atoms with Crippen LogP contribution in [0.15, 0.2) is 24.3 Å². The zero-order valence-corrected chi connectivity index (χ0v) is 10.9. The maximum Gasteiger partial charge on any atom is 0.248 e. The smallest absolute Gasteiger partial charge is 0.248 e. The predicted molar refractivity (Wildman–Crippen MR) is 70.2 cm³/mol. The molecule has 1 amide bonds. The molecule has 0 aliphatic carbocycles. The van der Waals surface area contributed by atoms with Gasteiger partial charge in [-0.3, -0.25) is 9.69 Å². The Morgan fingerprint density at radius 3 is 2.33 bits per heavy atom. The van der Waals surface area contributed by atoms with Crippen LogP contribution in [0.5, 0.6) is 0 Å². The zero-order valence-electron chi connectivity index (χ0n) is 10.9. The first-order valence-corrected chi connectivity index (χ1v) is 6.31. The third kappa shape index (κ3) is 3.31. The molecule has 1 aromatic rings. The van der Waals surface area contributed by atoms with Gasteiger partial charge in [-0.2, -0.15) is 0 Å². The average molecular weight is 248 g/mol. The number of hydrogen-bond donors (Lipinski definition) is 1. The van der Waals surface area contributed by atoms with Gasteiger partial charge in [0.1, 0.15) is 0 Å². The topological polar surface area (TPSA) is 55.6 Å². The lowest BCUT2D eigenvalue weighted by Crippen LogP contribution is -2.44. The molecule has 2 N–H and O–H groups in total. The van der Waals surface area contributed by atoms with Crippen molar-refractivity contribution in [2.75, 3.05) is 13.1 Å². The van der Waals surface area contributed by atoms with E-state index < -0.39 is 0 Å². The number of nitrogens with two attached hydrogens (primary N) is 1. The number of amides is 1. The monoisotopic (exact) mass is 248 g/mol. The third-order valence-electron chi connectivity index (χ3n) is 3.14. The van der Waals surface area contributed by atoms with Crippen LogP contribution in [0.25, 0.3) is 0 Å². The molecule has 1 fully saturated rings. The molecular formula is C14H20N2O2. The number of carbonyl (C=O) groups excluding carboxylic acids is 1. The number of benzene rings is 1. The number of morpholine rings is 1. The molecule has 2 rings (SSSR count). The van der Waals surface area contributed by atoms with Gasteiger partial charge in [0.2, 0.25) is 5.91 Å². The van der Waals surface area contributed by atoms with E-state index in [0.29, 0.717) is 5.56 Å². The van der Waals surface area contributed by atoms with Crippen molar-refractivity contribution in [3.8, 4) is 0 Å². The van der Waals surface area contributed by atoms with Crippen molar-refractivity contribution >= 4 is 5.91 Å². The summed E-state index contributed by atoms with van der Waals surface area (Å²) in [6.07, 6.45) is 0.553. The number of nitrogens with zero attached hydrogens (tertiary/aromatic N) is 1. The Kier molecular flexibility index (Phi) is 3.99. The fraction of sp³-hybridized carbons (Fsp3) is 0.500. The molecule has 2 unspecified atom stereocenters. The second-order valence-corrected chi connectivity index (χ2v) is 5.01. The Bertz CT molecular complexity index is 406. The van der Waals surface area contributed by atoms with Gasteiger partial charge >= 0.3 is 0 Å². The van der Waals surface area contributed by atoms with Crippen LogP contribution in [0.4, 0.5) is 0 Å². The summed E-state index contributed by atoms with van der Waals surface area (Å²) in [6, 6.07) is 7.49. The lowest BCUT2D eigenvalue weighted by Gasteiger charge is -2.35. The van der Waals surface area contributed by atoms with Gasteiger partial charge in [0.15, 0.2) is 0 Å². The summed E-state index contributed by atoms with van der Waals surface area (Å²) >= 11 is 0. The van der Waals surface area contributed by atoms with Gasteiger partial charge in [0.25, 0.3) is 0 Å². The van der Waals surface area contributed by atoms with Crippen molar-refractivity contribution in [2.24, 2.45) is 5.73 Å². The molecule has 0 radical (unpaired) electrons. The highest BCUT2D eigenvalue weighted by Crippen LogP contribution is 2.14. The minimum absolute atomic E-state index is 0.277. The number of rotatable bonds is 3. The average Bonchev–Trinajstić information content (AvgIpc) is 2.28. The van der Waals surface area contributed by atoms with E-state index >= 15 is 0 Å². The first kappa shape index (κ1) is 13.1. The molecule has 0 spiro atoms. The normalized spacial score (nSPS) is 25.0. The lowest BCUT2D eigenvalue weighted by atomic mass is 10.1. The molecule has 1 aliphatic rings. The summed E-state index contributed by atoms with van der Waals surface area (Å²) in [4.78, 5) is 13.4. The van der Waals surface area contributed by atoms with Gasteiger partial charge in [-0.05, 0) is 31.5 Å². The van der Waals surface area contributed by atoms with Crippen LogP contribution in [0.1, 0.15) is 29.8 Å². The molecule has 0 bridgehead atoms. The Morgan fingerprint density at radius 2 is 1.83 bits per heavy atom. The summed E-state index contributed by atoms with van der Waals surface area (Å²) in [7, 11) is 0. The molecule has 1 aromatic carbocycles. The Labute approximate surface area is 108 Å². The Hall–Kier alpha value is -1.39. The second kappa shape index (κ2) is 5.50. The summed E-state index contributed by atoms with van der Waals surface area (Å²) < 4.78 is 5.70. The van der Waals surface area contributed by atoms with Crippen LogP contribution in [0, 0.1) is 0 Å². The van der Waals surface area contributed by atoms with Crippen molar-refractivity contribution in [2.45, 2.75) is 32.6 Å². The van der Waals surface area contributed by atoms with Crippen LogP contribution in [0.3, 0.4) is 0 Å². The van der Waals surface area contributed by atoms with Crippen LogP contribution in [-0.4, -0.2) is 36.1 Å². The molecule has 18 heavy (non-hydrogen) atoms. The van der Waals surface area contributed by atoms with Crippen LogP contribution in [-0.2, 0) is 11.3 Å². The maximum atomic E-state index is 11.0. The van der Waals surface area contributed by atoms with Gasteiger partial charge in [0, 0.05) is 25.2 Å². The van der Waals surface area contributed by atoms with Crippen LogP contribution in [0.2, 0.25) is 0 Å². The zero-order chi connectivity index (χ0) is 13.1. The van der Waals surface area contributed by atoms with E-state index in [4.69, 9.17) is 10.5 Å². The number of primary amides is 1. The van der Waals surface area contributed by atoms with E-state index in [1.807, 2.05) is 12.1 Å². The molecule has 1 heterocycles. The summed E-state index contributed by atoms with van der Waals surface area (Å²) in [5, 5.41) is 0. The number of carbonyl (C=O) groups is 1. The van der Waals surface area contributed by atoms with Crippen molar-refractivity contribution in [1.29, 1.82) is 0 Å².